The molecule has 4 heteroatoms. The number of piperidine rings is 1. The fraction of sp³-hybridized carbons (Fsp3) is 0.625. The molecular weight excluding hydrogens is 318 g/mol. The molecule has 1 spiro atoms. The van der Waals surface area contributed by atoms with E-state index in [2.05, 4.69) is 33.4 Å². The van der Waals surface area contributed by atoms with Gasteiger partial charge in [0.1, 0.15) is 0 Å². The lowest BCUT2D eigenvalue weighted by atomic mass is 9.90. The Balaban J connectivity index is 1.63. The maximum absolute atomic E-state index is 6.05. The summed E-state index contributed by atoms with van der Waals surface area (Å²) in [6, 6.07) is 4.31. The summed E-state index contributed by atoms with van der Waals surface area (Å²) in [6.45, 7) is 3.83. The van der Waals surface area contributed by atoms with Gasteiger partial charge in [0, 0.05) is 9.89 Å². The van der Waals surface area contributed by atoms with Gasteiger partial charge >= 0.3 is 0 Å². The Bertz CT molecular complexity index is 521. The predicted molar refractivity (Wildman–Crippen MR) is 81.6 cm³/mol. The molecule has 3 nitrogen and oxygen atoms in total. The lowest BCUT2D eigenvalue weighted by molar-refractivity contribution is 0.197. The Morgan fingerprint density at radius 2 is 1.70 bits per heavy atom. The summed E-state index contributed by atoms with van der Waals surface area (Å²) in [5.74, 6) is 2.46. The molecule has 1 saturated heterocycles. The Labute approximate surface area is 128 Å². The van der Waals surface area contributed by atoms with Gasteiger partial charge < -0.3 is 14.8 Å². The third-order valence-electron chi connectivity index (χ3n) is 4.87. The number of ether oxygens (including phenoxy) is 2. The number of nitrogens with one attached hydrogen (secondary N) is 1. The standard InChI is InChI=1S/C16H20BrNO2/c17-13-8-15-14(19-9-16(3-4-16)10-20-15)7-12(13)11-1-5-18-6-2-11/h7-8,11,18H,1-6,9-10H2. The van der Waals surface area contributed by atoms with Crippen molar-refractivity contribution in [1.82, 2.24) is 5.32 Å². The number of hydrogen-bond donors (Lipinski definition) is 1. The minimum Gasteiger partial charge on any atom is -0.489 e. The fourth-order valence-electron chi connectivity index (χ4n) is 3.19. The first-order chi connectivity index (χ1) is 9.76. The monoisotopic (exact) mass is 337 g/mol. The van der Waals surface area contributed by atoms with Gasteiger partial charge in [-0.1, -0.05) is 15.9 Å². The van der Waals surface area contributed by atoms with Gasteiger partial charge in [-0.2, -0.15) is 0 Å². The zero-order valence-corrected chi connectivity index (χ0v) is 13.2. The van der Waals surface area contributed by atoms with E-state index in [1.807, 2.05) is 0 Å². The Morgan fingerprint density at radius 3 is 2.35 bits per heavy atom. The molecular formula is C16H20BrNO2. The van der Waals surface area contributed by atoms with Gasteiger partial charge in [0.25, 0.3) is 0 Å². The molecule has 20 heavy (non-hydrogen) atoms. The van der Waals surface area contributed by atoms with E-state index in [0.717, 1.165) is 37.8 Å². The highest BCUT2D eigenvalue weighted by Gasteiger charge is 2.46. The average Bonchev–Trinajstić information content (AvgIpc) is 3.27. The van der Waals surface area contributed by atoms with Gasteiger partial charge in [-0.05, 0) is 62.4 Å². The summed E-state index contributed by atoms with van der Waals surface area (Å²) in [6.07, 6.45) is 4.87. The average molecular weight is 338 g/mol. The first kappa shape index (κ1) is 13.0. The predicted octanol–water partition coefficient (Wildman–Crippen LogP) is 3.47. The van der Waals surface area contributed by atoms with E-state index in [1.165, 1.54) is 35.7 Å². The molecule has 1 aromatic rings. The van der Waals surface area contributed by atoms with E-state index in [4.69, 9.17) is 9.47 Å². The van der Waals surface area contributed by atoms with E-state index < -0.39 is 0 Å². The van der Waals surface area contributed by atoms with Crippen molar-refractivity contribution in [3.05, 3.63) is 22.2 Å². The van der Waals surface area contributed by atoms with Crippen molar-refractivity contribution in [3.63, 3.8) is 0 Å². The lowest BCUT2D eigenvalue weighted by Gasteiger charge is -2.24. The van der Waals surface area contributed by atoms with Crippen LogP contribution in [0.2, 0.25) is 0 Å². The SMILES string of the molecule is Brc1cc2c(cc1C1CCNCC1)OCC1(CC1)CO2. The first-order valence-corrected chi connectivity index (χ1v) is 8.35. The van der Waals surface area contributed by atoms with Crippen LogP contribution in [-0.4, -0.2) is 26.3 Å². The molecule has 1 aliphatic carbocycles. The molecule has 2 aliphatic heterocycles. The zero-order chi connectivity index (χ0) is 13.6. The van der Waals surface area contributed by atoms with Crippen LogP contribution in [0.3, 0.4) is 0 Å². The third kappa shape index (κ3) is 2.33. The van der Waals surface area contributed by atoms with Crippen molar-refractivity contribution in [2.45, 2.75) is 31.6 Å². The molecule has 0 radical (unpaired) electrons. The number of rotatable bonds is 1. The summed E-state index contributed by atoms with van der Waals surface area (Å²) >= 11 is 3.72. The molecule has 0 unspecified atom stereocenters. The van der Waals surface area contributed by atoms with Gasteiger partial charge in [0.15, 0.2) is 11.5 Å². The first-order valence-electron chi connectivity index (χ1n) is 7.56. The van der Waals surface area contributed by atoms with Crippen molar-refractivity contribution in [1.29, 1.82) is 0 Å². The maximum atomic E-state index is 6.05. The molecule has 2 heterocycles. The molecule has 0 amide bonds. The van der Waals surface area contributed by atoms with Gasteiger partial charge in [0.05, 0.1) is 13.2 Å². The van der Waals surface area contributed by atoms with E-state index in [0.29, 0.717) is 11.3 Å². The largest absolute Gasteiger partial charge is 0.489 e. The van der Waals surface area contributed by atoms with Gasteiger partial charge in [-0.15, -0.1) is 0 Å². The molecule has 1 N–H and O–H groups in total. The number of benzene rings is 1. The van der Waals surface area contributed by atoms with Crippen LogP contribution in [-0.2, 0) is 0 Å². The molecule has 0 atom stereocenters. The summed E-state index contributed by atoms with van der Waals surface area (Å²) in [7, 11) is 0. The van der Waals surface area contributed by atoms with E-state index >= 15 is 0 Å². The van der Waals surface area contributed by atoms with Crippen LogP contribution in [0.15, 0.2) is 16.6 Å². The van der Waals surface area contributed by atoms with Crippen LogP contribution in [0.1, 0.15) is 37.2 Å². The quantitative estimate of drug-likeness (QED) is 0.851. The van der Waals surface area contributed by atoms with Crippen LogP contribution in [0.5, 0.6) is 11.5 Å². The van der Waals surface area contributed by atoms with Gasteiger partial charge in [0.2, 0.25) is 0 Å². The topological polar surface area (TPSA) is 30.5 Å². The summed E-state index contributed by atoms with van der Waals surface area (Å²) < 4.78 is 13.2. The van der Waals surface area contributed by atoms with Crippen molar-refractivity contribution >= 4 is 15.9 Å². The molecule has 0 aromatic heterocycles. The number of halogens is 1. The van der Waals surface area contributed by atoms with Crippen molar-refractivity contribution in [3.8, 4) is 11.5 Å². The minimum atomic E-state index is 0.306. The summed E-state index contributed by atoms with van der Waals surface area (Å²) in [5.41, 5.74) is 1.68. The molecule has 3 aliphatic rings. The molecule has 1 saturated carbocycles. The molecule has 4 rings (SSSR count). The van der Waals surface area contributed by atoms with Crippen LogP contribution < -0.4 is 14.8 Å². The minimum absolute atomic E-state index is 0.306. The summed E-state index contributed by atoms with van der Waals surface area (Å²) in [5, 5.41) is 3.42. The normalized spacial score (nSPS) is 24.4. The van der Waals surface area contributed by atoms with Crippen LogP contribution in [0.25, 0.3) is 0 Å². The zero-order valence-electron chi connectivity index (χ0n) is 11.6. The van der Waals surface area contributed by atoms with E-state index in [9.17, 15) is 0 Å². The Morgan fingerprint density at radius 1 is 1.05 bits per heavy atom. The lowest BCUT2D eigenvalue weighted by Crippen LogP contribution is -2.26. The Kier molecular flexibility index (Phi) is 3.19. The third-order valence-corrected chi connectivity index (χ3v) is 5.55. The van der Waals surface area contributed by atoms with E-state index in [1.54, 1.807) is 0 Å². The maximum Gasteiger partial charge on any atom is 0.162 e. The highest BCUT2D eigenvalue weighted by molar-refractivity contribution is 9.10. The molecule has 1 aromatic carbocycles. The second-order valence-corrected chi connectivity index (χ2v) is 7.28. The molecule has 0 bridgehead atoms. The van der Waals surface area contributed by atoms with Crippen LogP contribution >= 0.6 is 15.9 Å². The smallest absolute Gasteiger partial charge is 0.162 e. The van der Waals surface area contributed by atoms with Crippen LogP contribution in [0, 0.1) is 5.41 Å². The second-order valence-electron chi connectivity index (χ2n) is 6.42. The van der Waals surface area contributed by atoms with E-state index in [-0.39, 0.29) is 0 Å². The van der Waals surface area contributed by atoms with Crippen molar-refractivity contribution < 1.29 is 9.47 Å². The number of fused-ring (bicyclic) bond motifs is 1. The molecule has 108 valence electrons. The summed E-state index contributed by atoms with van der Waals surface area (Å²) in [4.78, 5) is 0. The Hall–Kier alpha value is -0.740. The number of hydrogen-bond acceptors (Lipinski definition) is 3. The van der Waals surface area contributed by atoms with Gasteiger partial charge in [-0.25, -0.2) is 0 Å². The molecule has 2 fully saturated rings. The van der Waals surface area contributed by atoms with Crippen LogP contribution in [0.4, 0.5) is 0 Å². The fourth-order valence-corrected chi connectivity index (χ4v) is 3.84. The highest BCUT2D eigenvalue weighted by atomic mass is 79.9. The van der Waals surface area contributed by atoms with Crippen molar-refractivity contribution in [2.75, 3.05) is 26.3 Å². The van der Waals surface area contributed by atoms with Crippen molar-refractivity contribution in [2.24, 2.45) is 5.41 Å². The van der Waals surface area contributed by atoms with Gasteiger partial charge in [-0.3, -0.25) is 0 Å². The highest BCUT2D eigenvalue weighted by Crippen LogP contribution is 2.50. The second kappa shape index (κ2) is 4.92.